The summed E-state index contributed by atoms with van der Waals surface area (Å²) >= 11 is 0. The molecular formula is C26H32FN3O4. The smallest absolute Gasteiger partial charge is 0.134 e. The summed E-state index contributed by atoms with van der Waals surface area (Å²) in [6, 6.07) is 15.9. The molecule has 0 saturated carbocycles. The Morgan fingerprint density at radius 2 is 1.88 bits per heavy atom. The van der Waals surface area contributed by atoms with Crippen LogP contribution in [0, 0.1) is 19.7 Å². The fourth-order valence-electron chi connectivity index (χ4n) is 4.14. The Hall–Kier alpha value is -2.94. The van der Waals surface area contributed by atoms with Crippen LogP contribution in [0.3, 0.4) is 0 Å². The van der Waals surface area contributed by atoms with Crippen LogP contribution in [0.4, 0.5) is 4.39 Å². The van der Waals surface area contributed by atoms with E-state index < -0.39 is 5.60 Å². The molecule has 1 fully saturated rings. The highest BCUT2D eigenvalue weighted by Crippen LogP contribution is 2.20. The Morgan fingerprint density at radius 3 is 2.65 bits per heavy atom. The number of aryl methyl sites for hydroxylation is 2. The third-order valence-electron chi connectivity index (χ3n) is 5.72. The Morgan fingerprint density at radius 1 is 1.09 bits per heavy atom. The number of hydrogen-bond acceptors (Lipinski definition) is 6. The summed E-state index contributed by atoms with van der Waals surface area (Å²) in [5.41, 5.74) is 2.00. The van der Waals surface area contributed by atoms with Crippen molar-refractivity contribution in [1.82, 2.24) is 14.7 Å². The van der Waals surface area contributed by atoms with E-state index >= 15 is 0 Å². The Kier molecular flexibility index (Phi) is 7.82. The average Bonchev–Trinajstić information content (AvgIpc) is 3.00. The van der Waals surface area contributed by atoms with Gasteiger partial charge in [-0.05, 0) is 49.7 Å². The molecule has 0 spiro atoms. The normalized spacial score (nSPS) is 19.1. The van der Waals surface area contributed by atoms with E-state index in [-0.39, 0.29) is 19.0 Å². The maximum atomic E-state index is 13.4. The van der Waals surface area contributed by atoms with Crippen LogP contribution in [-0.2, 0) is 17.8 Å². The Balaban J connectivity index is 1.32. The first kappa shape index (κ1) is 24.2. The zero-order valence-electron chi connectivity index (χ0n) is 19.7. The average molecular weight is 470 g/mol. The van der Waals surface area contributed by atoms with Crippen molar-refractivity contribution in [3.8, 4) is 11.5 Å². The van der Waals surface area contributed by atoms with Crippen molar-refractivity contribution < 1.29 is 23.7 Å². The van der Waals surface area contributed by atoms with E-state index in [1.807, 2.05) is 42.8 Å². The van der Waals surface area contributed by atoms with Gasteiger partial charge in [0.1, 0.15) is 36.1 Å². The van der Waals surface area contributed by atoms with E-state index in [9.17, 15) is 9.50 Å². The second-order valence-corrected chi connectivity index (χ2v) is 8.88. The van der Waals surface area contributed by atoms with Crippen LogP contribution in [0.25, 0.3) is 0 Å². The molecule has 2 aromatic carbocycles. The molecule has 4 rings (SSSR count). The summed E-state index contributed by atoms with van der Waals surface area (Å²) in [6.45, 7) is 7.63. The molecule has 182 valence electrons. The zero-order valence-corrected chi connectivity index (χ0v) is 19.7. The van der Waals surface area contributed by atoms with E-state index in [2.05, 4.69) is 16.1 Å². The van der Waals surface area contributed by atoms with Gasteiger partial charge in [-0.3, -0.25) is 9.58 Å². The third-order valence-corrected chi connectivity index (χ3v) is 5.72. The number of benzene rings is 2. The quantitative estimate of drug-likeness (QED) is 0.518. The number of ether oxygens (including phenoxy) is 3. The standard InChI is InChI=1S/C26H32FN3O4/c1-20-13-21(2)30(28-20)10-12-33-24-7-3-5-22(14-24)16-29-9-11-32-18-26(31,17-29)19-34-25-8-4-6-23(27)15-25/h3-8,13-15,31H,9-12,16-19H2,1-2H3. The molecule has 1 aliphatic rings. The molecule has 1 saturated heterocycles. The van der Waals surface area contributed by atoms with Crippen LogP contribution in [0.1, 0.15) is 17.0 Å². The summed E-state index contributed by atoms with van der Waals surface area (Å²) in [4.78, 5) is 2.14. The molecular weight excluding hydrogens is 437 g/mol. The van der Waals surface area contributed by atoms with Gasteiger partial charge in [-0.1, -0.05) is 18.2 Å². The van der Waals surface area contributed by atoms with Crippen molar-refractivity contribution in [2.24, 2.45) is 0 Å². The number of β-amino-alcohol motifs (C(OH)–C–C–N with tert-alkyl or cyclic N) is 1. The van der Waals surface area contributed by atoms with Gasteiger partial charge in [0.2, 0.25) is 0 Å². The van der Waals surface area contributed by atoms with Crippen molar-refractivity contribution in [3.63, 3.8) is 0 Å². The molecule has 0 bridgehead atoms. The first-order valence-corrected chi connectivity index (χ1v) is 11.5. The van der Waals surface area contributed by atoms with E-state index in [0.29, 0.717) is 45.1 Å². The second-order valence-electron chi connectivity index (χ2n) is 8.88. The highest BCUT2D eigenvalue weighted by atomic mass is 19.1. The maximum Gasteiger partial charge on any atom is 0.134 e. The predicted molar refractivity (Wildman–Crippen MR) is 127 cm³/mol. The Labute approximate surface area is 199 Å². The minimum Gasteiger partial charge on any atom is -0.492 e. The number of aromatic nitrogens is 2. The molecule has 0 amide bonds. The lowest BCUT2D eigenvalue weighted by molar-refractivity contribution is -0.0647. The van der Waals surface area contributed by atoms with Gasteiger partial charge in [0.15, 0.2) is 0 Å². The molecule has 1 atom stereocenters. The topological polar surface area (TPSA) is 69.0 Å². The SMILES string of the molecule is Cc1cc(C)n(CCOc2cccc(CN3CCOCC(O)(COc4cccc(F)c4)C3)c2)n1. The van der Waals surface area contributed by atoms with Crippen LogP contribution in [-0.4, -0.2) is 64.9 Å². The van der Waals surface area contributed by atoms with Crippen LogP contribution in [0.2, 0.25) is 0 Å². The summed E-state index contributed by atoms with van der Waals surface area (Å²) in [6.07, 6.45) is 0. The number of nitrogens with zero attached hydrogens (tertiary/aromatic N) is 3. The van der Waals surface area contributed by atoms with Crippen molar-refractivity contribution >= 4 is 0 Å². The number of aliphatic hydroxyl groups is 1. The largest absolute Gasteiger partial charge is 0.492 e. The monoisotopic (exact) mass is 469 g/mol. The van der Waals surface area contributed by atoms with Gasteiger partial charge in [0, 0.05) is 31.4 Å². The number of halogens is 1. The summed E-state index contributed by atoms with van der Waals surface area (Å²) in [5.74, 6) is 0.810. The van der Waals surface area contributed by atoms with Gasteiger partial charge >= 0.3 is 0 Å². The van der Waals surface area contributed by atoms with Crippen LogP contribution in [0.5, 0.6) is 11.5 Å². The van der Waals surface area contributed by atoms with Crippen LogP contribution < -0.4 is 9.47 Å². The van der Waals surface area contributed by atoms with Gasteiger partial charge in [0.25, 0.3) is 0 Å². The van der Waals surface area contributed by atoms with Crippen LogP contribution >= 0.6 is 0 Å². The molecule has 2 heterocycles. The summed E-state index contributed by atoms with van der Waals surface area (Å²) in [7, 11) is 0. The predicted octanol–water partition coefficient (Wildman–Crippen LogP) is 3.36. The summed E-state index contributed by atoms with van der Waals surface area (Å²) < 4.78 is 32.6. The van der Waals surface area contributed by atoms with Crippen LogP contribution in [0.15, 0.2) is 54.6 Å². The molecule has 1 unspecified atom stereocenters. The highest BCUT2D eigenvalue weighted by molar-refractivity contribution is 5.28. The van der Waals surface area contributed by atoms with Crippen molar-refractivity contribution in [1.29, 1.82) is 0 Å². The fraction of sp³-hybridized carbons (Fsp3) is 0.423. The lowest BCUT2D eigenvalue weighted by Gasteiger charge is -2.30. The van der Waals surface area contributed by atoms with E-state index in [0.717, 1.165) is 22.7 Å². The van der Waals surface area contributed by atoms with Gasteiger partial charge in [-0.25, -0.2) is 4.39 Å². The number of hydrogen-bond donors (Lipinski definition) is 1. The van der Waals surface area contributed by atoms with E-state index in [1.165, 1.54) is 12.1 Å². The number of rotatable bonds is 9. The molecule has 1 aliphatic heterocycles. The minimum absolute atomic E-state index is 0.0163. The molecule has 0 radical (unpaired) electrons. The molecule has 1 N–H and O–H groups in total. The zero-order chi connectivity index (χ0) is 24.0. The van der Waals surface area contributed by atoms with Gasteiger partial charge < -0.3 is 19.3 Å². The lowest BCUT2D eigenvalue weighted by Crippen LogP contribution is -2.48. The van der Waals surface area contributed by atoms with Gasteiger partial charge in [-0.15, -0.1) is 0 Å². The molecule has 0 aliphatic carbocycles. The molecule has 7 nitrogen and oxygen atoms in total. The van der Waals surface area contributed by atoms with Crippen molar-refractivity contribution in [2.45, 2.75) is 32.5 Å². The molecule has 1 aromatic heterocycles. The first-order valence-electron chi connectivity index (χ1n) is 11.5. The molecule has 3 aromatic rings. The van der Waals surface area contributed by atoms with Gasteiger partial charge in [-0.2, -0.15) is 5.10 Å². The first-order chi connectivity index (χ1) is 16.4. The van der Waals surface area contributed by atoms with Crippen molar-refractivity contribution in [2.75, 3.05) is 39.5 Å². The highest BCUT2D eigenvalue weighted by Gasteiger charge is 2.33. The van der Waals surface area contributed by atoms with E-state index in [1.54, 1.807) is 12.1 Å². The lowest BCUT2D eigenvalue weighted by atomic mass is 10.1. The van der Waals surface area contributed by atoms with E-state index in [4.69, 9.17) is 14.2 Å². The minimum atomic E-state index is -1.20. The second kappa shape index (κ2) is 11.0. The molecule has 34 heavy (non-hydrogen) atoms. The summed E-state index contributed by atoms with van der Waals surface area (Å²) in [5, 5.41) is 15.6. The molecule has 8 heteroatoms. The van der Waals surface area contributed by atoms with Crippen molar-refractivity contribution in [3.05, 3.63) is 77.4 Å². The fourth-order valence-corrected chi connectivity index (χ4v) is 4.14. The van der Waals surface area contributed by atoms with Gasteiger partial charge in [0.05, 0.1) is 25.5 Å². The third kappa shape index (κ3) is 6.79. The maximum absolute atomic E-state index is 13.4. The Bertz CT molecular complexity index is 1090.